The van der Waals surface area contributed by atoms with Gasteiger partial charge in [0.2, 0.25) is 5.91 Å². The average Bonchev–Trinajstić information content (AvgIpc) is 3.26. The number of carboxylic acids is 1. The van der Waals surface area contributed by atoms with Gasteiger partial charge in [-0.1, -0.05) is 12.1 Å². The first-order valence-corrected chi connectivity index (χ1v) is 7.97. The predicted octanol–water partition coefficient (Wildman–Crippen LogP) is 3.38. The molecular formula is C17H18F3NO3. The summed E-state index contributed by atoms with van der Waals surface area (Å²) in [6.07, 6.45) is -1.78. The van der Waals surface area contributed by atoms with Crippen LogP contribution in [0, 0.1) is 17.8 Å². The second kappa shape index (κ2) is 6.11. The SMILES string of the molecule is O=C(O)C1CCC1C(=O)NC(c1cccc(C(F)(F)F)c1)C1CC1. The van der Waals surface area contributed by atoms with Gasteiger partial charge in [-0.05, 0) is 49.3 Å². The number of amides is 1. The summed E-state index contributed by atoms with van der Waals surface area (Å²) in [6, 6.07) is 4.49. The molecule has 0 aliphatic heterocycles. The number of rotatable bonds is 5. The maximum Gasteiger partial charge on any atom is 0.416 e. The Balaban J connectivity index is 1.76. The molecule has 0 heterocycles. The molecule has 1 amide bonds. The maximum atomic E-state index is 12.9. The van der Waals surface area contributed by atoms with E-state index in [0.717, 1.165) is 25.0 Å². The van der Waals surface area contributed by atoms with Gasteiger partial charge >= 0.3 is 12.1 Å². The Hall–Kier alpha value is -2.05. The van der Waals surface area contributed by atoms with Gasteiger partial charge in [0.25, 0.3) is 0 Å². The number of carboxylic acid groups (broad SMARTS) is 1. The van der Waals surface area contributed by atoms with Gasteiger partial charge in [-0.3, -0.25) is 9.59 Å². The topological polar surface area (TPSA) is 66.4 Å². The number of carbonyl (C=O) groups is 2. The van der Waals surface area contributed by atoms with Crippen LogP contribution in [0.15, 0.2) is 24.3 Å². The van der Waals surface area contributed by atoms with Crippen LogP contribution >= 0.6 is 0 Å². The molecule has 0 radical (unpaired) electrons. The molecule has 4 nitrogen and oxygen atoms in total. The highest BCUT2D eigenvalue weighted by atomic mass is 19.4. The maximum absolute atomic E-state index is 12.9. The molecule has 3 rings (SSSR count). The van der Waals surface area contributed by atoms with E-state index in [4.69, 9.17) is 5.11 Å². The average molecular weight is 341 g/mol. The van der Waals surface area contributed by atoms with Crippen LogP contribution in [0.4, 0.5) is 13.2 Å². The molecule has 24 heavy (non-hydrogen) atoms. The molecule has 2 aliphatic carbocycles. The van der Waals surface area contributed by atoms with Gasteiger partial charge < -0.3 is 10.4 Å². The lowest BCUT2D eigenvalue weighted by molar-refractivity contribution is -0.153. The van der Waals surface area contributed by atoms with Gasteiger partial charge in [0.05, 0.1) is 23.4 Å². The summed E-state index contributed by atoms with van der Waals surface area (Å²) in [6.45, 7) is 0. The first kappa shape index (κ1) is 16.8. The van der Waals surface area contributed by atoms with Crippen molar-refractivity contribution in [2.24, 2.45) is 17.8 Å². The molecule has 2 saturated carbocycles. The quantitative estimate of drug-likeness (QED) is 0.863. The molecule has 0 saturated heterocycles. The molecule has 0 bridgehead atoms. The fourth-order valence-corrected chi connectivity index (χ4v) is 3.18. The van der Waals surface area contributed by atoms with Crippen LogP contribution in [0.1, 0.15) is 42.9 Å². The molecule has 7 heteroatoms. The number of benzene rings is 1. The molecular weight excluding hydrogens is 323 g/mol. The van der Waals surface area contributed by atoms with Crippen molar-refractivity contribution < 1.29 is 27.9 Å². The standard InChI is InChI=1S/C17H18F3NO3/c18-17(19,20)11-3-1-2-10(8-11)14(9-4-5-9)21-15(22)12-6-7-13(12)16(23)24/h1-3,8-9,12-14H,4-7H2,(H,21,22)(H,23,24). The van der Waals surface area contributed by atoms with Gasteiger partial charge in [-0.25, -0.2) is 0 Å². The van der Waals surface area contributed by atoms with Crippen molar-refractivity contribution in [3.05, 3.63) is 35.4 Å². The predicted molar refractivity (Wildman–Crippen MR) is 78.9 cm³/mol. The molecule has 3 unspecified atom stereocenters. The third kappa shape index (κ3) is 3.39. The number of aliphatic carboxylic acids is 1. The van der Waals surface area contributed by atoms with Crippen molar-refractivity contribution in [3.8, 4) is 0 Å². The van der Waals surface area contributed by atoms with Crippen molar-refractivity contribution in [1.29, 1.82) is 0 Å². The normalized spacial score (nSPS) is 24.8. The molecule has 3 atom stereocenters. The highest BCUT2D eigenvalue weighted by Crippen LogP contribution is 2.43. The minimum atomic E-state index is -4.43. The molecule has 2 aliphatic rings. The van der Waals surface area contributed by atoms with Gasteiger partial charge in [-0.15, -0.1) is 0 Å². The van der Waals surface area contributed by atoms with Crippen molar-refractivity contribution in [1.82, 2.24) is 5.32 Å². The highest BCUT2D eigenvalue weighted by molar-refractivity contribution is 5.86. The van der Waals surface area contributed by atoms with E-state index < -0.39 is 35.6 Å². The first-order chi connectivity index (χ1) is 11.3. The van der Waals surface area contributed by atoms with Crippen LogP contribution in [0.5, 0.6) is 0 Å². The van der Waals surface area contributed by atoms with Crippen molar-refractivity contribution >= 4 is 11.9 Å². The zero-order valence-corrected chi connectivity index (χ0v) is 12.8. The van der Waals surface area contributed by atoms with Crippen molar-refractivity contribution in [2.75, 3.05) is 0 Å². The Morgan fingerprint density at radius 3 is 2.29 bits per heavy atom. The van der Waals surface area contributed by atoms with Crippen LogP contribution in [0.25, 0.3) is 0 Å². The van der Waals surface area contributed by atoms with Gasteiger partial charge in [0, 0.05) is 0 Å². The number of carbonyl (C=O) groups excluding carboxylic acids is 1. The third-order valence-corrected chi connectivity index (χ3v) is 4.89. The molecule has 2 N–H and O–H groups in total. The second-order valence-corrected chi connectivity index (χ2v) is 6.58. The lowest BCUT2D eigenvalue weighted by atomic mass is 9.73. The molecule has 0 spiro atoms. The molecule has 2 fully saturated rings. The molecule has 1 aromatic carbocycles. The van der Waals surface area contributed by atoms with Crippen LogP contribution in [-0.4, -0.2) is 17.0 Å². The summed E-state index contributed by atoms with van der Waals surface area (Å²) in [4.78, 5) is 23.4. The van der Waals surface area contributed by atoms with E-state index in [1.165, 1.54) is 6.07 Å². The fraction of sp³-hybridized carbons (Fsp3) is 0.529. The zero-order valence-electron chi connectivity index (χ0n) is 12.8. The largest absolute Gasteiger partial charge is 0.481 e. The Morgan fingerprint density at radius 1 is 1.12 bits per heavy atom. The van der Waals surface area contributed by atoms with E-state index in [0.29, 0.717) is 18.4 Å². The van der Waals surface area contributed by atoms with Crippen LogP contribution in [0.3, 0.4) is 0 Å². The first-order valence-electron chi connectivity index (χ1n) is 7.97. The lowest BCUT2D eigenvalue weighted by Crippen LogP contribution is -2.45. The van der Waals surface area contributed by atoms with E-state index in [9.17, 15) is 22.8 Å². The van der Waals surface area contributed by atoms with Crippen LogP contribution in [0.2, 0.25) is 0 Å². The molecule has 130 valence electrons. The smallest absolute Gasteiger partial charge is 0.416 e. The number of alkyl halides is 3. The summed E-state index contributed by atoms with van der Waals surface area (Å²) in [5.41, 5.74) is -0.321. The zero-order chi connectivity index (χ0) is 17.5. The Bertz CT molecular complexity index is 655. The van der Waals surface area contributed by atoms with Gasteiger partial charge in [0.1, 0.15) is 0 Å². The van der Waals surface area contributed by atoms with E-state index in [-0.39, 0.29) is 11.8 Å². The Morgan fingerprint density at radius 2 is 1.79 bits per heavy atom. The minimum Gasteiger partial charge on any atom is -0.481 e. The summed E-state index contributed by atoms with van der Waals surface area (Å²) in [7, 11) is 0. The molecule has 1 aromatic rings. The minimum absolute atomic E-state index is 0.112. The van der Waals surface area contributed by atoms with Crippen LogP contribution < -0.4 is 5.32 Å². The summed E-state index contributed by atoms with van der Waals surface area (Å²) < 4.78 is 38.7. The van der Waals surface area contributed by atoms with E-state index in [1.807, 2.05) is 0 Å². The number of hydrogen-bond donors (Lipinski definition) is 2. The van der Waals surface area contributed by atoms with E-state index in [1.54, 1.807) is 6.07 Å². The lowest BCUT2D eigenvalue weighted by Gasteiger charge is -2.33. The molecule has 0 aromatic heterocycles. The Kier molecular flexibility index (Phi) is 4.27. The summed E-state index contributed by atoms with van der Waals surface area (Å²) in [5.74, 6) is -2.53. The number of nitrogens with one attached hydrogen (secondary N) is 1. The van der Waals surface area contributed by atoms with Crippen LogP contribution in [-0.2, 0) is 15.8 Å². The fourth-order valence-electron chi connectivity index (χ4n) is 3.18. The number of halogens is 3. The van der Waals surface area contributed by atoms with Crippen molar-refractivity contribution in [2.45, 2.75) is 37.9 Å². The van der Waals surface area contributed by atoms with E-state index in [2.05, 4.69) is 5.32 Å². The van der Waals surface area contributed by atoms with Crippen molar-refractivity contribution in [3.63, 3.8) is 0 Å². The number of hydrogen-bond acceptors (Lipinski definition) is 2. The van der Waals surface area contributed by atoms with E-state index >= 15 is 0 Å². The van der Waals surface area contributed by atoms with Gasteiger partial charge in [-0.2, -0.15) is 13.2 Å². The third-order valence-electron chi connectivity index (χ3n) is 4.89. The monoisotopic (exact) mass is 341 g/mol. The summed E-state index contributed by atoms with van der Waals surface area (Å²) in [5, 5.41) is 11.8. The highest BCUT2D eigenvalue weighted by Gasteiger charge is 2.43. The Labute approximate surface area is 137 Å². The van der Waals surface area contributed by atoms with Gasteiger partial charge in [0.15, 0.2) is 0 Å². The second-order valence-electron chi connectivity index (χ2n) is 6.58. The summed E-state index contributed by atoms with van der Waals surface area (Å²) >= 11 is 0.